The highest BCUT2D eigenvalue weighted by molar-refractivity contribution is 7.98. The van der Waals surface area contributed by atoms with Crippen molar-refractivity contribution in [3.05, 3.63) is 0 Å². The van der Waals surface area contributed by atoms with Gasteiger partial charge < -0.3 is 4.74 Å². The van der Waals surface area contributed by atoms with Crippen LogP contribution in [0.1, 0.15) is 51.9 Å². The van der Waals surface area contributed by atoms with Gasteiger partial charge in [-0.05, 0) is 25.5 Å². The van der Waals surface area contributed by atoms with Crippen molar-refractivity contribution in [2.75, 3.05) is 12.0 Å². The van der Waals surface area contributed by atoms with Gasteiger partial charge >= 0.3 is 5.97 Å². The minimum absolute atomic E-state index is 0.00729. The SMILES string of the molecule is CSCC(C)OC(=O)CCC1CCCCC1. The summed E-state index contributed by atoms with van der Waals surface area (Å²) in [5.74, 6) is 1.67. The lowest BCUT2D eigenvalue weighted by Crippen LogP contribution is -2.18. The molecule has 16 heavy (non-hydrogen) atoms. The normalized spacial score (nSPS) is 19.4. The van der Waals surface area contributed by atoms with Gasteiger partial charge in [-0.1, -0.05) is 32.1 Å². The number of carbonyl (C=O) groups excluding carboxylic acids is 1. The van der Waals surface area contributed by atoms with Gasteiger partial charge in [-0.25, -0.2) is 0 Å². The summed E-state index contributed by atoms with van der Waals surface area (Å²) < 4.78 is 5.32. The topological polar surface area (TPSA) is 26.3 Å². The van der Waals surface area contributed by atoms with E-state index < -0.39 is 0 Å². The molecule has 0 saturated heterocycles. The summed E-state index contributed by atoms with van der Waals surface area (Å²) in [6, 6.07) is 0. The zero-order chi connectivity index (χ0) is 11.8. The van der Waals surface area contributed by atoms with Gasteiger partial charge in [0.15, 0.2) is 0 Å². The molecule has 0 N–H and O–H groups in total. The second-order valence-electron chi connectivity index (χ2n) is 4.80. The minimum Gasteiger partial charge on any atom is -0.462 e. The summed E-state index contributed by atoms with van der Waals surface area (Å²) >= 11 is 1.72. The Kier molecular flexibility index (Phi) is 6.93. The van der Waals surface area contributed by atoms with Crippen molar-refractivity contribution >= 4 is 17.7 Å². The molecule has 1 aliphatic carbocycles. The number of rotatable bonds is 6. The van der Waals surface area contributed by atoms with Crippen LogP contribution in [0.3, 0.4) is 0 Å². The zero-order valence-electron chi connectivity index (χ0n) is 10.5. The molecule has 0 radical (unpaired) electrons. The lowest BCUT2D eigenvalue weighted by atomic mass is 9.86. The first-order valence-electron chi connectivity index (χ1n) is 6.40. The second kappa shape index (κ2) is 7.99. The Morgan fingerprint density at radius 3 is 2.69 bits per heavy atom. The van der Waals surface area contributed by atoms with Gasteiger partial charge in [-0.15, -0.1) is 0 Å². The van der Waals surface area contributed by atoms with Gasteiger partial charge in [-0.3, -0.25) is 4.79 Å². The van der Waals surface area contributed by atoms with E-state index in [4.69, 9.17) is 4.74 Å². The Morgan fingerprint density at radius 1 is 1.38 bits per heavy atom. The lowest BCUT2D eigenvalue weighted by molar-refractivity contribution is -0.147. The zero-order valence-corrected chi connectivity index (χ0v) is 11.4. The fourth-order valence-corrected chi connectivity index (χ4v) is 2.89. The highest BCUT2D eigenvalue weighted by Crippen LogP contribution is 2.27. The molecule has 3 heteroatoms. The molecule has 0 heterocycles. The fourth-order valence-electron chi connectivity index (χ4n) is 2.35. The average molecular weight is 244 g/mol. The van der Waals surface area contributed by atoms with E-state index >= 15 is 0 Å². The maximum Gasteiger partial charge on any atom is 0.306 e. The lowest BCUT2D eigenvalue weighted by Gasteiger charge is -2.21. The fraction of sp³-hybridized carbons (Fsp3) is 0.923. The molecule has 1 atom stereocenters. The number of hydrogen-bond acceptors (Lipinski definition) is 3. The van der Waals surface area contributed by atoms with Crippen LogP contribution in [0.25, 0.3) is 0 Å². The summed E-state index contributed by atoms with van der Waals surface area (Å²) in [6.07, 6.45) is 10.5. The van der Waals surface area contributed by atoms with E-state index in [0.717, 1.165) is 18.1 Å². The van der Waals surface area contributed by atoms with Crippen LogP contribution in [0, 0.1) is 5.92 Å². The Bertz CT molecular complexity index is 200. The van der Waals surface area contributed by atoms with Crippen LogP contribution in [0.15, 0.2) is 0 Å². The van der Waals surface area contributed by atoms with E-state index in [1.54, 1.807) is 11.8 Å². The number of carbonyl (C=O) groups is 1. The Labute approximate surface area is 104 Å². The molecular formula is C13H24O2S. The highest BCUT2D eigenvalue weighted by atomic mass is 32.2. The number of ether oxygens (including phenoxy) is 1. The molecule has 1 fully saturated rings. The maximum atomic E-state index is 11.5. The molecule has 94 valence electrons. The van der Waals surface area contributed by atoms with Crippen LogP contribution >= 0.6 is 11.8 Å². The number of thioether (sulfide) groups is 1. The second-order valence-corrected chi connectivity index (χ2v) is 5.71. The van der Waals surface area contributed by atoms with E-state index in [1.165, 1.54) is 32.1 Å². The van der Waals surface area contributed by atoms with Gasteiger partial charge in [0.25, 0.3) is 0 Å². The molecule has 0 aromatic carbocycles. The van der Waals surface area contributed by atoms with Gasteiger partial charge in [0.05, 0.1) is 0 Å². The predicted octanol–water partition coefficient (Wildman–Crippen LogP) is 3.64. The van der Waals surface area contributed by atoms with Gasteiger partial charge in [0.1, 0.15) is 6.10 Å². The Hall–Kier alpha value is -0.180. The number of hydrogen-bond donors (Lipinski definition) is 0. The molecule has 0 spiro atoms. The smallest absolute Gasteiger partial charge is 0.306 e. The van der Waals surface area contributed by atoms with E-state index in [1.807, 2.05) is 13.2 Å². The quantitative estimate of drug-likeness (QED) is 0.667. The Balaban J connectivity index is 2.09. The van der Waals surface area contributed by atoms with E-state index in [0.29, 0.717) is 6.42 Å². The Morgan fingerprint density at radius 2 is 2.06 bits per heavy atom. The van der Waals surface area contributed by atoms with Crippen molar-refractivity contribution in [2.24, 2.45) is 5.92 Å². The third-order valence-electron chi connectivity index (χ3n) is 3.22. The van der Waals surface area contributed by atoms with Crippen molar-refractivity contribution in [3.8, 4) is 0 Å². The summed E-state index contributed by atoms with van der Waals surface area (Å²) in [5.41, 5.74) is 0. The molecule has 1 unspecified atom stereocenters. The minimum atomic E-state index is -0.00729. The largest absolute Gasteiger partial charge is 0.462 e. The first-order valence-corrected chi connectivity index (χ1v) is 7.80. The summed E-state index contributed by atoms with van der Waals surface area (Å²) in [7, 11) is 0. The molecule has 0 aromatic heterocycles. The van der Waals surface area contributed by atoms with Crippen molar-refractivity contribution in [1.29, 1.82) is 0 Å². The third kappa shape index (κ3) is 5.78. The first kappa shape index (κ1) is 13.9. The van der Waals surface area contributed by atoms with Crippen LogP contribution in [0.2, 0.25) is 0 Å². The maximum absolute atomic E-state index is 11.5. The van der Waals surface area contributed by atoms with E-state index in [2.05, 4.69) is 0 Å². The molecule has 1 saturated carbocycles. The van der Waals surface area contributed by atoms with Crippen molar-refractivity contribution in [2.45, 2.75) is 58.0 Å². The van der Waals surface area contributed by atoms with Crippen molar-refractivity contribution in [3.63, 3.8) is 0 Å². The molecule has 0 amide bonds. The van der Waals surface area contributed by atoms with Gasteiger partial charge in [0.2, 0.25) is 0 Å². The molecule has 2 nitrogen and oxygen atoms in total. The van der Waals surface area contributed by atoms with Gasteiger partial charge in [-0.2, -0.15) is 11.8 Å². The van der Waals surface area contributed by atoms with Gasteiger partial charge in [0, 0.05) is 12.2 Å². The molecule has 1 rings (SSSR count). The highest BCUT2D eigenvalue weighted by Gasteiger charge is 2.16. The average Bonchev–Trinajstić information content (AvgIpc) is 2.28. The van der Waals surface area contributed by atoms with E-state index in [9.17, 15) is 4.79 Å². The standard InChI is InChI=1S/C13H24O2S/c1-11(10-16-2)15-13(14)9-8-12-6-4-3-5-7-12/h11-12H,3-10H2,1-2H3. The van der Waals surface area contributed by atoms with Crippen LogP contribution < -0.4 is 0 Å². The third-order valence-corrected chi connectivity index (χ3v) is 4.02. The van der Waals surface area contributed by atoms with Crippen molar-refractivity contribution in [1.82, 2.24) is 0 Å². The van der Waals surface area contributed by atoms with Crippen molar-refractivity contribution < 1.29 is 9.53 Å². The monoisotopic (exact) mass is 244 g/mol. The summed E-state index contributed by atoms with van der Waals surface area (Å²) in [6.45, 7) is 1.97. The van der Waals surface area contributed by atoms with Crippen LogP contribution in [0.4, 0.5) is 0 Å². The van der Waals surface area contributed by atoms with Crippen LogP contribution in [0.5, 0.6) is 0 Å². The van der Waals surface area contributed by atoms with E-state index in [-0.39, 0.29) is 12.1 Å². The molecule has 0 aliphatic heterocycles. The predicted molar refractivity (Wildman–Crippen MR) is 69.7 cm³/mol. The molecule has 0 bridgehead atoms. The molecule has 1 aliphatic rings. The number of esters is 1. The summed E-state index contributed by atoms with van der Waals surface area (Å²) in [4.78, 5) is 11.5. The van der Waals surface area contributed by atoms with Crippen LogP contribution in [-0.2, 0) is 9.53 Å². The van der Waals surface area contributed by atoms with Crippen LogP contribution in [-0.4, -0.2) is 24.1 Å². The summed E-state index contributed by atoms with van der Waals surface area (Å²) in [5, 5.41) is 0. The first-order chi connectivity index (χ1) is 7.72. The molecular weight excluding hydrogens is 220 g/mol. The molecule has 0 aromatic rings.